The number of sulfonamides is 1. The second kappa shape index (κ2) is 6.87. The quantitative estimate of drug-likeness (QED) is 0.866. The predicted octanol–water partition coefficient (Wildman–Crippen LogP) is 2.41. The average molecular weight is 376 g/mol. The van der Waals surface area contributed by atoms with E-state index in [4.69, 9.17) is 9.47 Å². The van der Waals surface area contributed by atoms with E-state index in [1.54, 1.807) is 29.2 Å². The molecule has 7 nitrogen and oxygen atoms in total. The molecule has 0 atom stereocenters. The fourth-order valence-electron chi connectivity index (χ4n) is 2.99. The van der Waals surface area contributed by atoms with Crippen LogP contribution in [-0.4, -0.2) is 35.1 Å². The van der Waals surface area contributed by atoms with Gasteiger partial charge in [-0.2, -0.15) is 0 Å². The first-order valence-corrected chi connectivity index (χ1v) is 9.50. The van der Waals surface area contributed by atoms with Gasteiger partial charge in [-0.3, -0.25) is 9.52 Å². The van der Waals surface area contributed by atoms with Crippen LogP contribution in [0.15, 0.2) is 41.3 Å². The highest BCUT2D eigenvalue weighted by Gasteiger charge is 2.23. The fourth-order valence-corrected chi connectivity index (χ4v) is 4.05. The summed E-state index contributed by atoms with van der Waals surface area (Å²) in [6.07, 6.45) is 0.695. The number of amides is 1. The van der Waals surface area contributed by atoms with Gasteiger partial charge in [0.1, 0.15) is 0 Å². The number of carbonyl (C=O) groups excluding carboxylic acids is 1. The summed E-state index contributed by atoms with van der Waals surface area (Å²) in [5, 5.41) is 0. The number of anilines is 2. The summed E-state index contributed by atoms with van der Waals surface area (Å²) < 4.78 is 38.2. The first-order chi connectivity index (χ1) is 12.4. The van der Waals surface area contributed by atoms with E-state index < -0.39 is 10.0 Å². The Balaban J connectivity index is 1.88. The Hall–Kier alpha value is -2.74. The molecule has 1 aliphatic heterocycles. The molecule has 0 bridgehead atoms. The van der Waals surface area contributed by atoms with Gasteiger partial charge in [-0.05, 0) is 42.3 Å². The van der Waals surface area contributed by atoms with Crippen molar-refractivity contribution in [3.05, 3.63) is 42.0 Å². The predicted molar refractivity (Wildman–Crippen MR) is 98.5 cm³/mol. The van der Waals surface area contributed by atoms with Gasteiger partial charge in [-0.25, -0.2) is 8.42 Å². The van der Waals surface area contributed by atoms with Gasteiger partial charge >= 0.3 is 0 Å². The van der Waals surface area contributed by atoms with Crippen LogP contribution in [0.3, 0.4) is 0 Å². The molecule has 1 amide bonds. The molecule has 0 fully saturated rings. The molecule has 0 saturated carbocycles. The van der Waals surface area contributed by atoms with Crippen LogP contribution in [0.4, 0.5) is 11.4 Å². The summed E-state index contributed by atoms with van der Waals surface area (Å²) >= 11 is 0. The van der Waals surface area contributed by atoms with Crippen molar-refractivity contribution in [1.29, 1.82) is 0 Å². The summed E-state index contributed by atoms with van der Waals surface area (Å²) in [5.74, 6) is 0.761. The Kier molecular flexibility index (Phi) is 4.78. The average Bonchev–Trinajstić information content (AvgIpc) is 3.04. The fraction of sp³-hybridized carbons (Fsp3) is 0.278. The molecular weight excluding hydrogens is 356 g/mol. The van der Waals surface area contributed by atoms with E-state index >= 15 is 0 Å². The summed E-state index contributed by atoms with van der Waals surface area (Å²) in [5.41, 5.74) is 2.21. The molecule has 1 aliphatic rings. The van der Waals surface area contributed by atoms with Crippen molar-refractivity contribution in [1.82, 2.24) is 0 Å². The maximum Gasteiger partial charge on any atom is 0.262 e. The Morgan fingerprint density at radius 2 is 1.81 bits per heavy atom. The van der Waals surface area contributed by atoms with E-state index in [2.05, 4.69) is 4.72 Å². The monoisotopic (exact) mass is 376 g/mol. The molecule has 26 heavy (non-hydrogen) atoms. The topological polar surface area (TPSA) is 84.9 Å². The zero-order valence-electron chi connectivity index (χ0n) is 14.8. The van der Waals surface area contributed by atoms with Gasteiger partial charge in [0.2, 0.25) is 5.91 Å². The van der Waals surface area contributed by atoms with Gasteiger partial charge in [0.15, 0.2) is 11.5 Å². The summed E-state index contributed by atoms with van der Waals surface area (Å²) in [6.45, 7) is 2.12. The molecule has 0 unspecified atom stereocenters. The number of hydrogen-bond donors (Lipinski definition) is 1. The maximum atomic E-state index is 12.7. The van der Waals surface area contributed by atoms with Crippen molar-refractivity contribution in [3.63, 3.8) is 0 Å². The smallest absolute Gasteiger partial charge is 0.262 e. The summed E-state index contributed by atoms with van der Waals surface area (Å²) in [6, 6.07) is 9.58. The van der Waals surface area contributed by atoms with E-state index in [1.165, 1.54) is 33.3 Å². The molecule has 0 saturated heterocycles. The number of benzene rings is 2. The third-order valence-corrected chi connectivity index (χ3v) is 5.65. The second-order valence-corrected chi connectivity index (χ2v) is 7.57. The van der Waals surface area contributed by atoms with Crippen LogP contribution in [0.5, 0.6) is 11.5 Å². The molecule has 1 N–H and O–H groups in total. The van der Waals surface area contributed by atoms with E-state index in [1.807, 2.05) is 0 Å². The zero-order chi connectivity index (χ0) is 18.9. The number of hydrogen-bond acceptors (Lipinski definition) is 5. The molecule has 3 rings (SSSR count). The lowest BCUT2D eigenvalue weighted by molar-refractivity contribution is -0.116. The van der Waals surface area contributed by atoms with E-state index in [9.17, 15) is 13.2 Å². The minimum Gasteiger partial charge on any atom is -0.493 e. The first kappa shape index (κ1) is 18.1. The molecular formula is C18H20N2O5S. The maximum absolute atomic E-state index is 12.7. The van der Waals surface area contributed by atoms with Crippen molar-refractivity contribution in [2.24, 2.45) is 0 Å². The zero-order valence-corrected chi connectivity index (χ0v) is 15.6. The number of nitrogens with zero attached hydrogens (tertiary/aromatic N) is 1. The molecule has 2 aromatic rings. The van der Waals surface area contributed by atoms with E-state index in [0.717, 1.165) is 11.3 Å². The second-order valence-electron chi connectivity index (χ2n) is 5.89. The number of methoxy groups -OCH3 is 2. The lowest BCUT2D eigenvalue weighted by Crippen LogP contribution is -2.25. The lowest BCUT2D eigenvalue weighted by Gasteiger charge is -2.15. The van der Waals surface area contributed by atoms with Crippen molar-refractivity contribution in [2.75, 3.05) is 30.4 Å². The highest BCUT2D eigenvalue weighted by Crippen LogP contribution is 2.33. The highest BCUT2D eigenvalue weighted by molar-refractivity contribution is 7.92. The van der Waals surface area contributed by atoms with Crippen LogP contribution in [0, 0.1) is 0 Å². The Bertz CT molecular complexity index is 956. The molecule has 0 aromatic heterocycles. The SMILES string of the molecule is COc1ccc(S(=O)(=O)Nc2ccc3c(c2)CCN3C(C)=O)cc1OC. The lowest BCUT2D eigenvalue weighted by atomic mass is 10.1. The number of ether oxygens (including phenoxy) is 2. The standard InChI is InChI=1S/C18H20N2O5S/c1-12(21)20-9-8-13-10-14(4-6-16(13)20)19-26(22,23)15-5-7-17(24-2)18(11-15)25-3/h4-7,10-11,19H,8-9H2,1-3H3. The Morgan fingerprint density at radius 1 is 1.08 bits per heavy atom. The van der Waals surface area contributed by atoms with Gasteiger partial charge < -0.3 is 14.4 Å². The van der Waals surface area contributed by atoms with Crippen LogP contribution in [-0.2, 0) is 21.2 Å². The van der Waals surface area contributed by atoms with E-state index in [0.29, 0.717) is 30.2 Å². The largest absolute Gasteiger partial charge is 0.493 e. The number of carbonyl (C=O) groups is 1. The van der Waals surface area contributed by atoms with Gasteiger partial charge in [0, 0.05) is 30.9 Å². The van der Waals surface area contributed by atoms with Crippen LogP contribution in [0.1, 0.15) is 12.5 Å². The molecule has 138 valence electrons. The van der Waals surface area contributed by atoms with Crippen molar-refractivity contribution < 1.29 is 22.7 Å². The molecule has 0 aliphatic carbocycles. The molecule has 0 spiro atoms. The molecule has 0 radical (unpaired) electrons. The van der Waals surface area contributed by atoms with Crippen molar-refractivity contribution in [3.8, 4) is 11.5 Å². The third-order valence-electron chi connectivity index (χ3n) is 4.27. The van der Waals surface area contributed by atoms with Gasteiger partial charge in [-0.1, -0.05) is 0 Å². The molecule has 8 heteroatoms. The van der Waals surface area contributed by atoms with E-state index in [-0.39, 0.29) is 10.8 Å². The van der Waals surface area contributed by atoms with Crippen molar-refractivity contribution >= 4 is 27.3 Å². The number of rotatable bonds is 5. The summed E-state index contributed by atoms with van der Waals surface area (Å²) in [7, 11) is -0.852. The normalized spacial score (nSPS) is 13.3. The van der Waals surface area contributed by atoms with Gasteiger partial charge in [0.05, 0.1) is 19.1 Å². The van der Waals surface area contributed by atoms with Gasteiger partial charge in [0.25, 0.3) is 10.0 Å². The van der Waals surface area contributed by atoms with Crippen LogP contribution in [0.2, 0.25) is 0 Å². The van der Waals surface area contributed by atoms with Crippen LogP contribution in [0.25, 0.3) is 0 Å². The third kappa shape index (κ3) is 3.32. The number of fused-ring (bicyclic) bond motifs is 1. The Morgan fingerprint density at radius 3 is 2.46 bits per heavy atom. The first-order valence-electron chi connectivity index (χ1n) is 8.01. The van der Waals surface area contributed by atoms with Crippen molar-refractivity contribution in [2.45, 2.75) is 18.2 Å². The molecule has 2 aromatic carbocycles. The van der Waals surface area contributed by atoms with Crippen LogP contribution < -0.4 is 19.1 Å². The summed E-state index contributed by atoms with van der Waals surface area (Å²) in [4.78, 5) is 13.4. The number of nitrogens with one attached hydrogen (secondary N) is 1. The molecule has 1 heterocycles. The minimum absolute atomic E-state index is 0.0255. The van der Waals surface area contributed by atoms with Gasteiger partial charge in [-0.15, -0.1) is 0 Å². The Labute approximate surface area is 152 Å². The van der Waals surface area contributed by atoms with Crippen LogP contribution >= 0.6 is 0 Å². The minimum atomic E-state index is -3.78. The highest BCUT2D eigenvalue weighted by atomic mass is 32.2.